The van der Waals surface area contributed by atoms with Gasteiger partial charge in [0.25, 0.3) is 0 Å². The van der Waals surface area contributed by atoms with Crippen molar-refractivity contribution in [3.63, 3.8) is 0 Å². The van der Waals surface area contributed by atoms with Crippen LogP contribution >= 0.6 is 0 Å². The number of piperazine rings is 2. The predicted molar refractivity (Wildman–Crippen MR) is 279 cm³/mol. The van der Waals surface area contributed by atoms with Crippen molar-refractivity contribution in [3.8, 4) is 0 Å². The average molecular weight is 1140 g/mol. The third kappa shape index (κ3) is 9.09. The second kappa shape index (κ2) is 20.2. The summed E-state index contributed by atoms with van der Waals surface area (Å²) in [6.45, 7) is 11.2. The van der Waals surface area contributed by atoms with Gasteiger partial charge in [-0.1, -0.05) is 34.6 Å². The van der Waals surface area contributed by atoms with Crippen molar-refractivity contribution in [2.45, 2.75) is 101 Å². The SMILES string of the molecule is Cc1ccc(C)c([N+]2([C@H]3CN(S(=O)(=O)c4c(C)noc4C)C[C@@H]3c3ccoc3)CCN(C(=O)C3(OC(=O)C(F)(F)F)CN(C=O)CC[N@+]3(c3cc(C)ccc3C)[C@H]3CN(S(=O)(=O)c4c(C)noc4C)C[C@@H]3c3ccoc3)CC2)c1. The number of hydrogen-bond acceptors (Lipinski definition) is 14. The minimum Gasteiger partial charge on any atom is -0.472 e. The summed E-state index contributed by atoms with van der Waals surface area (Å²) in [5.41, 5.74) is 2.47. The molecule has 6 atom stereocenters. The first kappa shape index (κ1) is 55.7. The van der Waals surface area contributed by atoms with Gasteiger partial charge in [0.15, 0.2) is 11.5 Å². The molecule has 6 aromatic rings. The fraction of sp³-hybridized carbons (Fsp3) is 0.463. The van der Waals surface area contributed by atoms with E-state index in [4.69, 9.17) is 22.6 Å². The van der Waals surface area contributed by atoms with E-state index in [-0.39, 0.29) is 102 Å². The Morgan fingerprint density at radius 2 is 1.18 bits per heavy atom. The zero-order chi connectivity index (χ0) is 56.8. The molecule has 2 aromatic carbocycles. The number of sulfonamides is 2. The number of carbonyl (C=O) groups excluding carboxylic acids is 3. The van der Waals surface area contributed by atoms with Crippen LogP contribution in [-0.2, 0) is 39.2 Å². The van der Waals surface area contributed by atoms with E-state index < -0.39 is 85.3 Å². The van der Waals surface area contributed by atoms with Crippen LogP contribution < -0.4 is 8.97 Å². The first-order valence-electron chi connectivity index (χ1n) is 25.9. The number of ether oxygens (including phenoxy) is 1. The number of furan rings is 2. The smallest absolute Gasteiger partial charge is 0.472 e. The summed E-state index contributed by atoms with van der Waals surface area (Å²) in [5, 5.41) is 7.85. The second-order valence-electron chi connectivity index (χ2n) is 21.6. The number of rotatable bonds is 13. The van der Waals surface area contributed by atoms with Gasteiger partial charge in [-0.3, -0.25) is 14.1 Å². The molecular formula is C54H63F3N8O12S2+2. The van der Waals surface area contributed by atoms with Crippen LogP contribution in [0.2, 0.25) is 0 Å². The Hall–Kier alpha value is -6.64. The number of alkyl halides is 3. The number of quaternary nitrogens is 2. The van der Waals surface area contributed by atoms with Crippen molar-refractivity contribution < 1.29 is 67.0 Å². The maximum Gasteiger partial charge on any atom is 0.491 e. The molecule has 79 heavy (non-hydrogen) atoms. The zero-order valence-corrected chi connectivity index (χ0v) is 46.7. The van der Waals surface area contributed by atoms with Crippen LogP contribution in [0.4, 0.5) is 24.5 Å². The number of esters is 1. The van der Waals surface area contributed by atoms with E-state index in [0.717, 1.165) is 27.3 Å². The molecular weight excluding hydrogens is 1070 g/mol. The van der Waals surface area contributed by atoms with Crippen LogP contribution in [0.5, 0.6) is 0 Å². The largest absolute Gasteiger partial charge is 0.491 e. The summed E-state index contributed by atoms with van der Waals surface area (Å²) in [6, 6.07) is 12.8. The summed E-state index contributed by atoms with van der Waals surface area (Å²) < 4.78 is 135. The van der Waals surface area contributed by atoms with E-state index in [1.165, 1.54) is 53.1 Å². The van der Waals surface area contributed by atoms with Crippen molar-refractivity contribution >= 4 is 49.7 Å². The third-order valence-electron chi connectivity index (χ3n) is 17.0. The van der Waals surface area contributed by atoms with Crippen LogP contribution in [0.25, 0.3) is 0 Å². The number of halogens is 3. The van der Waals surface area contributed by atoms with Crippen LogP contribution in [0.15, 0.2) is 101 Å². The lowest BCUT2D eigenvalue weighted by atomic mass is 9.85. The van der Waals surface area contributed by atoms with Crippen LogP contribution in [0.3, 0.4) is 0 Å². The minimum absolute atomic E-state index is 0.00591. The van der Waals surface area contributed by atoms with Crippen LogP contribution in [0, 0.1) is 55.4 Å². The van der Waals surface area contributed by atoms with Crippen molar-refractivity contribution in [3.05, 3.63) is 130 Å². The van der Waals surface area contributed by atoms with Gasteiger partial charge in [0, 0.05) is 47.5 Å². The molecule has 10 rings (SSSR count). The van der Waals surface area contributed by atoms with E-state index in [1.807, 2.05) is 32.0 Å². The Balaban J connectivity index is 1.15. The van der Waals surface area contributed by atoms with Gasteiger partial charge in [-0.25, -0.2) is 26.1 Å². The zero-order valence-electron chi connectivity index (χ0n) is 45.0. The second-order valence-corrected chi connectivity index (χ2v) is 25.4. The van der Waals surface area contributed by atoms with Gasteiger partial charge in [0.2, 0.25) is 26.5 Å². The molecule has 4 saturated heterocycles. The fourth-order valence-electron chi connectivity index (χ4n) is 13.4. The van der Waals surface area contributed by atoms with Crippen molar-refractivity contribution in [2.75, 3.05) is 72.0 Å². The summed E-state index contributed by atoms with van der Waals surface area (Å²) in [4.78, 5) is 46.2. The summed E-state index contributed by atoms with van der Waals surface area (Å²) in [6.07, 6.45) is 0.616. The molecule has 4 fully saturated rings. The first-order chi connectivity index (χ1) is 37.3. The summed E-state index contributed by atoms with van der Waals surface area (Å²) in [5.74, 6) is -5.03. The summed E-state index contributed by atoms with van der Waals surface area (Å²) in [7, 11) is -8.72. The Morgan fingerprint density at radius 3 is 1.65 bits per heavy atom. The highest BCUT2D eigenvalue weighted by atomic mass is 32.2. The first-order valence-corrected chi connectivity index (χ1v) is 28.8. The number of carbonyl (C=O) groups is 3. The Bertz CT molecular complexity index is 3500. The number of aromatic nitrogens is 2. The van der Waals surface area contributed by atoms with E-state index in [1.54, 1.807) is 57.4 Å². The molecule has 0 bridgehead atoms. The highest BCUT2D eigenvalue weighted by Crippen LogP contribution is 2.52. The lowest BCUT2D eigenvalue weighted by Crippen LogP contribution is -2.85. The van der Waals surface area contributed by atoms with E-state index >= 15 is 18.0 Å². The van der Waals surface area contributed by atoms with Crippen molar-refractivity contribution in [2.24, 2.45) is 0 Å². The molecule has 8 heterocycles. The number of nitrogens with zero attached hydrogens (tertiary/aromatic N) is 8. The quantitative estimate of drug-likeness (QED) is 0.0689. The molecule has 0 aliphatic carbocycles. The third-order valence-corrected chi connectivity index (χ3v) is 21.2. The van der Waals surface area contributed by atoms with Gasteiger partial charge < -0.3 is 32.4 Å². The topological polar surface area (TPSA) is 220 Å². The molecule has 4 aliphatic rings. The molecule has 0 spiro atoms. The molecule has 0 N–H and O–H groups in total. The van der Waals surface area contributed by atoms with Crippen molar-refractivity contribution in [1.29, 1.82) is 0 Å². The van der Waals surface area contributed by atoms with E-state index in [9.17, 15) is 26.4 Å². The number of benzene rings is 2. The predicted octanol–water partition coefficient (Wildman–Crippen LogP) is 6.46. The van der Waals surface area contributed by atoms with Crippen LogP contribution in [0.1, 0.15) is 68.1 Å². The Kier molecular flexibility index (Phi) is 14.2. The average Bonchev–Trinajstić information content (AvgIpc) is 3.76. The Morgan fingerprint density at radius 1 is 0.684 bits per heavy atom. The molecule has 0 saturated carbocycles. The highest BCUT2D eigenvalue weighted by Gasteiger charge is 2.73. The molecule has 20 nitrogen and oxygen atoms in total. The number of aryl methyl sites for hydroxylation is 8. The Labute approximate surface area is 455 Å². The molecule has 25 heteroatoms. The maximum atomic E-state index is 16.7. The molecule has 4 aliphatic heterocycles. The van der Waals surface area contributed by atoms with E-state index in [0.29, 0.717) is 23.1 Å². The van der Waals surface area contributed by atoms with Crippen LogP contribution in [-0.4, -0.2) is 160 Å². The normalized spacial score (nSPS) is 25.3. The van der Waals surface area contributed by atoms with E-state index in [2.05, 4.69) is 10.3 Å². The number of amides is 2. The molecule has 1 unspecified atom stereocenters. The monoisotopic (exact) mass is 1140 g/mol. The molecule has 4 aromatic heterocycles. The maximum absolute atomic E-state index is 16.7. The standard InChI is InChI=1S/C54H63F3N8O12S2/c1-33-9-11-35(3)45(23-33)64(47-27-62(25-43(47)41-13-21-73-29-41)78(69,70)49-37(5)58-76-39(49)7)18-16-61(17-19-64)51(67)53(75-52(68)54(55,56)57)31-60(32-66)15-20-65(53,46-24-34(2)10-12-36(46)4)48-28-63(26-44(48)42-14-22-74-30-42)79(71,72)50-38(6)59-77-40(50)8/h9-14,21-24,29-30,32,43-44,47-48H,15-20,25-28,31H2,1-8H3/q+2/t43-,44-,47+,48+,53?,65+/m1/s1. The highest BCUT2D eigenvalue weighted by molar-refractivity contribution is 7.89. The lowest BCUT2D eigenvalue weighted by molar-refractivity contribution is -0.242. The van der Waals surface area contributed by atoms with Gasteiger partial charge in [0.05, 0.1) is 69.6 Å². The van der Waals surface area contributed by atoms with Crippen molar-refractivity contribution in [1.82, 2.24) is 37.7 Å². The lowest BCUT2D eigenvalue weighted by Gasteiger charge is -2.59. The van der Waals surface area contributed by atoms with Gasteiger partial charge in [-0.15, -0.1) is 0 Å². The summed E-state index contributed by atoms with van der Waals surface area (Å²) >= 11 is 0. The van der Waals surface area contributed by atoms with Gasteiger partial charge in [-0.2, -0.15) is 21.8 Å². The van der Waals surface area contributed by atoms with Gasteiger partial charge in [0.1, 0.15) is 70.8 Å². The van der Waals surface area contributed by atoms with Gasteiger partial charge >= 0.3 is 23.8 Å². The number of hydrogen-bond donors (Lipinski definition) is 0. The van der Waals surface area contributed by atoms with Gasteiger partial charge in [-0.05, 0) is 78.6 Å². The molecule has 2 amide bonds. The fourth-order valence-corrected chi connectivity index (χ4v) is 16.9. The molecule has 0 radical (unpaired) electrons. The minimum atomic E-state index is -5.66. The molecule has 422 valence electrons.